The number of pyridine rings is 1. The van der Waals surface area contributed by atoms with E-state index < -0.39 is 0 Å². The molecule has 1 aliphatic heterocycles. The number of nitrogens with zero attached hydrogens (tertiary/aromatic N) is 4. The maximum Gasteiger partial charge on any atom is 0.103 e. The number of allylic oxidation sites excluding steroid dienone is 1. The van der Waals surface area contributed by atoms with E-state index in [1.807, 2.05) is 12.4 Å². The van der Waals surface area contributed by atoms with Crippen LogP contribution in [0.25, 0.3) is 17.0 Å². The lowest BCUT2D eigenvalue weighted by molar-refractivity contribution is 0.153. The lowest BCUT2D eigenvalue weighted by atomic mass is 10.1. The molecule has 0 amide bonds. The van der Waals surface area contributed by atoms with Crippen molar-refractivity contribution < 1.29 is 0 Å². The zero-order valence-electron chi connectivity index (χ0n) is 18.4. The lowest BCUT2D eigenvalue weighted by Gasteiger charge is -2.32. The smallest absolute Gasteiger partial charge is 0.103 e. The van der Waals surface area contributed by atoms with Crippen LogP contribution in [0.3, 0.4) is 0 Å². The van der Waals surface area contributed by atoms with Gasteiger partial charge in [0.25, 0.3) is 0 Å². The van der Waals surface area contributed by atoms with Crippen molar-refractivity contribution in [3.05, 3.63) is 59.6 Å². The van der Waals surface area contributed by atoms with E-state index in [2.05, 4.69) is 75.5 Å². The Hall–Kier alpha value is -3.14. The average molecular weight is 415 g/mol. The number of aromatic amines is 1. The van der Waals surface area contributed by atoms with Gasteiger partial charge in [-0.1, -0.05) is 12.2 Å². The molecule has 2 aromatic heterocycles. The van der Waals surface area contributed by atoms with E-state index in [-0.39, 0.29) is 0 Å². The predicted molar refractivity (Wildman–Crippen MR) is 127 cm³/mol. The molecule has 0 atom stereocenters. The summed E-state index contributed by atoms with van der Waals surface area (Å²) in [4.78, 5) is 12.4. The van der Waals surface area contributed by atoms with E-state index in [0.717, 1.165) is 73.6 Å². The summed E-state index contributed by atoms with van der Waals surface area (Å²) < 4.78 is 0. The Balaban J connectivity index is 1.45. The number of aryl methyl sites for hydroxylation is 1. The van der Waals surface area contributed by atoms with E-state index in [1.165, 1.54) is 5.39 Å². The van der Waals surface area contributed by atoms with Gasteiger partial charge in [-0.15, -0.1) is 0 Å². The molecule has 6 nitrogen and oxygen atoms in total. The maximum absolute atomic E-state index is 9.63. The molecule has 0 saturated carbocycles. The van der Waals surface area contributed by atoms with Gasteiger partial charge in [-0.3, -0.25) is 4.98 Å². The first-order valence-corrected chi connectivity index (χ1v) is 10.9. The fourth-order valence-electron chi connectivity index (χ4n) is 4.10. The minimum absolute atomic E-state index is 0.549. The molecule has 0 bridgehead atoms. The summed E-state index contributed by atoms with van der Waals surface area (Å²) in [6, 6.07) is 8.47. The molecule has 160 valence electrons. The molecule has 1 saturated heterocycles. The van der Waals surface area contributed by atoms with Gasteiger partial charge in [-0.2, -0.15) is 5.26 Å². The van der Waals surface area contributed by atoms with Crippen LogP contribution in [0.4, 0.5) is 11.4 Å². The zero-order valence-corrected chi connectivity index (χ0v) is 18.4. The van der Waals surface area contributed by atoms with Crippen LogP contribution in [0.1, 0.15) is 29.5 Å². The molecule has 2 N–H and O–H groups in total. The number of likely N-dealkylation sites (N-methyl/N-ethyl adjacent to an activating group) is 1. The van der Waals surface area contributed by atoms with Crippen molar-refractivity contribution in [3.8, 4) is 6.07 Å². The highest BCUT2D eigenvalue weighted by atomic mass is 15.2. The lowest BCUT2D eigenvalue weighted by Crippen LogP contribution is -2.44. The second-order valence-electron chi connectivity index (χ2n) is 8.25. The van der Waals surface area contributed by atoms with Gasteiger partial charge in [0.2, 0.25) is 0 Å². The summed E-state index contributed by atoms with van der Waals surface area (Å²) in [6.45, 7) is 7.87. The second kappa shape index (κ2) is 9.78. The van der Waals surface area contributed by atoms with Gasteiger partial charge in [0.15, 0.2) is 0 Å². The zero-order chi connectivity index (χ0) is 21.6. The molecule has 3 aromatic rings. The standard InChI is InChI=1S/C25H30N6/c1-19-22-9-10-28-24(22)8-7-23(19)29-25-20(17-27-18-21(25)16-26)6-4-3-5-11-31-14-12-30(2)13-15-31/h4,6-10,17-18,28H,3,5,11-15H2,1-2H3,(H,27,29). The van der Waals surface area contributed by atoms with Gasteiger partial charge < -0.3 is 20.1 Å². The van der Waals surface area contributed by atoms with Crippen molar-refractivity contribution >= 4 is 28.4 Å². The molecule has 6 heteroatoms. The number of aromatic nitrogens is 2. The molecule has 3 heterocycles. The number of unbranched alkanes of at least 4 members (excludes halogenated alkanes) is 1. The molecule has 0 aliphatic carbocycles. The van der Waals surface area contributed by atoms with Crippen molar-refractivity contribution in [2.24, 2.45) is 0 Å². The topological polar surface area (TPSA) is 71.0 Å². The summed E-state index contributed by atoms with van der Waals surface area (Å²) in [5.41, 5.74) is 5.56. The van der Waals surface area contributed by atoms with Gasteiger partial charge >= 0.3 is 0 Å². The number of rotatable bonds is 7. The molecule has 4 rings (SSSR count). The quantitative estimate of drug-likeness (QED) is 0.556. The number of hydrogen-bond donors (Lipinski definition) is 2. The fraction of sp³-hybridized carbons (Fsp3) is 0.360. The molecular formula is C25H30N6. The van der Waals surface area contributed by atoms with Gasteiger partial charge in [-0.05, 0) is 57.1 Å². The first-order valence-electron chi connectivity index (χ1n) is 10.9. The van der Waals surface area contributed by atoms with Gasteiger partial charge in [0, 0.05) is 66.9 Å². The highest BCUT2D eigenvalue weighted by molar-refractivity contribution is 5.89. The largest absolute Gasteiger partial charge is 0.361 e. The van der Waals surface area contributed by atoms with Crippen LogP contribution in [-0.2, 0) is 0 Å². The minimum Gasteiger partial charge on any atom is -0.361 e. The van der Waals surface area contributed by atoms with Crippen LogP contribution in [0, 0.1) is 18.3 Å². The van der Waals surface area contributed by atoms with Crippen molar-refractivity contribution in [2.75, 3.05) is 45.1 Å². The summed E-state index contributed by atoms with van der Waals surface area (Å²) >= 11 is 0. The van der Waals surface area contributed by atoms with E-state index in [0.29, 0.717) is 5.56 Å². The highest BCUT2D eigenvalue weighted by Crippen LogP contribution is 2.30. The third-order valence-corrected chi connectivity index (χ3v) is 6.10. The molecule has 0 unspecified atom stereocenters. The highest BCUT2D eigenvalue weighted by Gasteiger charge is 2.13. The van der Waals surface area contributed by atoms with Gasteiger partial charge in [0.1, 0.15) is 6.07 Å². The first-order chi connectivity index (χ1) is 15.2. The number of nitrogens with one attached hydrogen (secondary N) is 2. The number of anilines is 2. The molecule has 1 fully saturated rings. The van der Waals surface area contributed by atoms with Crippen molar-refractivity contribution in [1.29, 1.82) is 5.26 Å². The average Bonchev–Trinajstić information content (AvgIpc) is 3.27. The summed E-state index contributed by atoms with van der Waals surface area (Å²) in [5, 5.41) is 14.3. The molecule has 0 radical (unpaired) electrons. The normalized spacial score (nSPS) is 15.5. The van der Waals surface area contributed by atoms with Crippen molar-refractivity contribution in [2.45, 2.75) is 19.8 Å². The number of H-pyrrole nitrogens is 1. The Morgan fingerprint density at radius 3 is 2.84 bits per heavy atom. The molecule has 0 spiro atoms. The van der Waals surface area contributed by atoms with Crippen LogP contribution < -0.4 is 5.32 Å². The SMILES string of the molecule is Cc1c(Nc2c(C#N)cncc2C=CCCCN2CCN(C)CC2)ccc2[nH]ccc12. The Morgan fingerprint density at radius 2 is 2.03 bits per heavy atom. The third-order valence-electron chi connectivity index (χ3n) is 6.10. The molecule has 31 heavy (non-hydrogen) atoms. The molecule has 1 aliphatic rings. The summed E-state index contributed by atoms with van der Waals surface area (Å²) in [7, 11) is 2.19. The predicted octanol–water partition coefficient (Wildman–Crippen LogP) is 4.53. The Bertz CT molecular complexity index is 1100. The van der Waals surface area contributed by atoms with E-state index in [4.69, 9.17) is 0 Å². The fourth-order valence-corrected chi connectivity index (χ4v) is 4.10. The molecular weight excluding hydrogens is 384 g/mol. The van der Waals surface area contributed by atoms with Crippen LogP contribution in [0.15, 0.2) is 42.9 Å². The number of benzene rings is 1. The summed E-state index contributed by atoms with van der Waals surface area (Å²) in [5.74, 6) is 0. The minimum atomic E-state index is 0.549. The second-order valence-corrected chi connectivity index (χ2v) is 8.25. The van der Waals surface area contributed by atoms with Crippen molar-refractivity contribution in [3.63, 3.8) is 0 Å². The van der Waals surface area contributed by atoms with E-state index >= 15 is 0 Å². The van der Waals surface area contributed by atoms with Crippen LogP contribution in [0.2, 0.25) is 0 Å². The number of hydrogen-bond acceptors (Lipinski definition) is 5. The molecule has 1 aromatic carbocycles. The van der Waals surface area contributed by atoms with Gasteiger partial charge in [0.05, 0.1) is 11.3 Å². The third kappa shape index (κ3) is 4.96. The monoisotopic (exact) mass is 414 g/mol. The Kier molecular flexibility index (Phi) is 6.66. The van der Waals surface area contributed by atoms with E-state index in [9.17, 15) is 5.26 Å². The van der Waals surface area contributed by atoms with Crippen LogP contribution >= 0.6 is 0 Å². The van der Waals surface area contributed by atoms with Crippen LogP contribution in [0.5, 0.6) is 0 Å². The van der Waals surface area contributed by atoms with Crippen LogP contribution in [-0.4, -0.2) is 59.5 Å². The summed E-state index contributed by atoms with van der Waals surface area (Å²) in [6.07, 6.45) is 11.8. The van der Waals surface area contributed by atoms with E-state index in [1.54, 1.807) is 6.20 Å². The number of fused-ring (bicyclic) bond motifs is 1. The Morgan fingerprint density at radius 1 is 1.19 bits per heavy atom. The van der Waals surface area contributed by atoms with Crippen molar-refractivity contribution in [1.82, 2.24) is 19.8 Å². The Labute approximate surface area is 184 Å². The maximum atomic E-state index is 9.63. The first kappa shape index (κ1) is 21.1. The van der Waals surface area contributed by atoms with Gasteiger partial charge in [-0.25, -0.2) is 0 Å². The number of piperazine rings is 1. The number of nitriles is 1.